The number of rotatable bonds is 2. The summed E-state index contributed by atoms with van der Waals surface area (Å²) < 4.78 is 0. The van der Waals surface area contributed by atoms with Crippen molar-refractivity contribution in [2.75, 3.05) is 19.6 Å². The first-order chi connectivity index (χ1) is 6.25. The number of terminal acetylenes is 1. The van der Waals surface area contributed by atoms with E-state index >= 15 is 0 Å². The van der Waals surface area contributed by atoms with Crippen molar-refractivity contribution in [3.8, 4) is 12.3 Å². The first-order valence-corrected chi connectivity index (χ1v) is 4.71. The van der Waals surface area contributed by atoms with Crippen LogP contribution in [0.25, 0.3) is 0 Å². The fraction of sp³-hybridized carbons (Fsp3) is 0.700. The molecule has 1 heterocycles. The Morgan fingerprint density at radius 1 is 1.77 bits per heavy atom. The van der Waals surface area contributed by atoms with Crippen LogP contribution in [0.15, 0.2) is 0 Å². The lowest BCUT2D eigenvalue weighted by molar-refractivity contribution is -0.124. The Morgan fingerprint density at radius 3 is 3.23 bits per heavy atom. The molecule has 0 aromatic rings. The highest BCUT2D eigenvalue weighted by atomic mass is 16.2. The molecule has 0 saturated carbocycles. The zero-order chi connectivity index (χ0) is 9.68. The quantitative estimate of drug-likeness (QED) is 0.617. The molecule has 1 fully saturated rings. The molecule has 1 atom stereocenters. The van der Waals surface area contributed by atoms with Gasteiger partial charge in [0.25, 0.3) is 0 Å². The molecule has 72 valence electrons. The van der Waals surface area contributed by atoms with Gasteiger partial charge in [0.15, 0.2) is 0 Å². The van der Waals surface area contributed by atoms with E-state index in [1.165, 1.54) is 0 Å². The number of carbonyl (C=O) groups is 1. The van der Waals surface area contributed by atoms with E-state index in [-0.39, 0.29) is 11.9 Å². The molecule has 1 aliphatic rings. The summed E-state index contributed by atoms with van der Waals surface area (Å²) in [5.41, 5.74) is 0. The van der Waals surface area contributed by atoms with Gasteiger partial charge in [0.2, 0.25) is 5.91 Å². The largest absolute Gasteiger partial charge is 0.355 e. The van der Waals surface area contributed by atoms with Crippen LogP contribution in [-0.4, -0.2) is 36.5 Å². The Labute approximate surface area is 79.5 Å². The predicted molar refractivity (Wildman–Crippen MR) is 52.1 cm³/mol. The molecule has 1 aliphatic heterocycles. The molecule has 13 heavy (non-hydrogen) atoms. The summed E-state index contributed by atoms with van der Waals surface area (Å²) in [6, 6.07) is -0.0316. The van der Waals surface area contributed by atoms with Gasteiger partial charge in [-0.05, 0) is 13.3 Å². The van der Waals surface area contributed by atoms with Crippen LogP contribution in [0.2, 0.25) is 0 Å². The molecule has 1 saturated heterocycles. The summed E-state index contributed by atoms with van der Waals surface area (Å²) in [6.45, 7) is 4.50. The summed E-state index contributed by atoms with van der Waals surface area (Å²) >= 11 is 0. The number of nitrogens with one attached hydrogen (secondary N) is 1. The van der Waals surface area contributed by atoms with Gasteiger partial charge in [0.1, 0.15) is 0 Å². The molecular formula is C10H16N2O. The maximum Gasteiger partial charge on any atom is 0.237 e. The molecule has 1 rings (SSSR count). The molecule has 0 bridgehead atoms. The van der Waals surface area contributed by atoms with Crippen LogP contribution >= 0.6 is 0 Å². The Balaban J connectivity index is 2.50. The number of hydrogen-bond donors (Lipinski definition) is 1. The van der Waals surface area contributed by atoms with E-state index in [9.17, 15) is 4.79 Å². The molecule has 0 spiro atoms. The molecule has 1 unspecified atom stereocenters. The van der Waals surface area contributed by atoms with Crippen molar-refractivity contribution in [3.63, 3.8) is 0 Å². The van der Waals surface area contributed by atoms with Crippen LogP contribution in [0.5, 0.6) is 0 Å². The van der Waals surface area contributed by atoms with Gasteiger partial charge >= 0.3 is 0 Å². The minimum absolute atomic E-state index is 0.0316. The zero-order valence-electron chi connectivity index (χ0n) is 8.05. The normalized spacial score (nSPS) is 24.6. The second-order valence-corrected chi connectivity index (χ2v) is 3.31. The van der Waals surface area contributed by atoms with E-state index in [2.05, 4.69) is 16.1 Å². The van der Waals surface area contributed by atoms with Crippen molar-refractivity contribution in [2.24, 2.45) is 0 Å². The Bertz CT molecular complexity index is 219. The van der Waals surface area contributed by atoms with Gasteiger partial charge in [-0.3, -0.25) is 9.69 Å². The van der Waals surface area contributed by atoms with Crippen LogP contribution < -0.4 is 5.32 Å². The van der Waals surface area contributed by atoms with Gasteiger partial charge < -0.3 is 5.32 Å². The second kappa shape index (κ2) is 4.88. The molecule has 0 aromatic heterocycles. The van der Waals surface area contributed by atoms with Gasteiger partial charge in [-0.1, -0.05) is 0 Å². The van der Waals surface area contributed by atoms with Crippen molar-refractivity contribution in [1.29, 1.82) is 0 Å². The standard InChI is InChI=1S/C10H16N2O/c1-3-4-7-12-8-5-6-11-10(13)9(12)2/h1,9H,4-8H2,2H3,(H,11,13). The van der Waals surface area contributed by atoms with Crippen LogP contribution in [0.1, 0.15) is 19.8 Å². The third-order valence-corrected chi connectivity index (χ3v) is 2.39. The number of carbonyl (C=O) groups excluding carboxylic acids is 1. The highest BCUT2D eigenvalue weighted by Gasteiger charge is 2.22. The lowest BCUT2D eigenvalue weighted by Crippen LogP contribution is -2.42. The second-order valence-electron chi connectivity index (χ2n) is 3.31. The topological polar surface area (TPSA) is 32.3 Å². The van der Waals surface area contributed by atoms with Crippen molar-refractivity contribution < 1.29 is 4.79 Å². The number of amides is 1. The number of hydrogen-bond acceptors (Lipinski definition) is 2. The van der Waals surface area contributed by atoms with E-state index in [4.69, 9.17) is 6.42 Å². The Kier molecular flexibility index (Phi) is 3.78. The van der Waals surface area contributed by atoms with Crippen molar-refractivity contribution in [3.05, 3.63) is 0 Å². The smallest absolute Gasteiger partial charge is 0.237 e. The minimum atomic E-state index is -0.0316. The van der Waals surface area contributed by atoms with E-state index in [1.54, 1.807) is 0 Å². The third-order valence-electron chi connectivity index (χ3n) is 2.39. The summed E-state index contributed by atoms with van der Waals surface area (Å²) in [4.78, 5) is 13.5. The van der Waals surface area contributed by atoms with Crippen molar-refractivity contribution in [2.45, 2.75) is 25.8 Å². The van der Waals surface area contributed by atoms with E-state index in [1.807, 2.05) is 6.92 Å². The Morgan fingerprint density at radius 2 is 2.54 bits per heavy atom. The lowest BCUT2D eigenvalue weighted by atomic mass is 10.2. The maximum atomic E-state index is 11.4. The number of nitrogens with zero attached hydrogens (tertiary/aromatic N) is 1. The predicted octanol–water partition coefficient (Wildman–Crippen LogP) is 0.220. The average molecular weight is 180 g/mol. The van der Waals surface area contributed by atoms with E-state index < -0.39 is 0 Å². The van der Waals surface area contributed by atoms with Gasteiger partial charge in [0.05, 0.1) is 6.04 Å². The fourth-order valence-electron chi connectivity index (χ4n) is 1.51. The molecule has 3 heteroatoms. The molecule has 0 aromatic carbocycles. The van der Waals surface area contributed by atoms with Crippen molar-refractivity contribution in [1.82, 2.24) is 10.2 Å². The highest BCUT2D eigenvalue weighted by molar-refractivity contribution is 5.81. The highest BCUT2D eigenvalue weighted by Crippen LogP contribution is 2.05. The molecule has 3 nitrogen and oxygen atoms in total. The van der Waals surface area contributed by atoms with E-state index in [0.717, 1.165) is 32.5 Å². The van der Waals surface area contributed by atoms with Gasteiger partial charge in [-0.2, -0.15) is 0 Å². The SMILES string of the molecule is C#CCCN1CCCNC(=O)C1C. The van der Waals surface area contributed by atoms with Crippen LogP contribution in [0.4, 0.5) is 0 Å². The third kappa shape index (κ3) is 2.74. The minimum Gasteiger partial charge on any atom is -0.355 e. The monoisotopic (exact) mass is 180 g/mol. The zero-order valence-corrected chi connectivity index (χ0v) is 8.05. The molecular weight excluding hydrogens is 164 g/mol. The molecule has 1 N–H and O–H groups in total. The van der Waals surface area contributed by atoms with Crippen LogP contribution in [0, 0.1) is 12.3 Å². The van der Waals surface area contributed by atoms with E-state index in [0.29, 0.717) is 0 Å². The lowest BCUT2D eigenvalue weighted by Gasteiger charge is -2.23. The molecule has 1 amide bonds. The van der Waals surface area contributed by atoms with Gasteiger partial charge in [-0.15, -0.1) is 12.3 Å². The summed E-state index contributed by atoms with van der Waals surface area (Å²) in [6.07, 6.45) is 6.92. The molecule has 0 aliphatic carbocycles. The average Bonchev–Trinajstić information content (AvgIpc) is 2.28. The molecule has 0 radical (unpaired) electrons. The van der Waals surface area contributed by atoms with Gasteiger partial charge in [-0.25, -0.2) is 0 Å². The van der Waals surface area contributed by atoms with Crippen molar-refractivity contribution >= 4 is 5.91 Å². The fourth-order valence-corrected chi connectivity index (χ4v) is 1.51. The first-order valence-electron chi connectivity index (χ1n) is 4.71. The Hall–Kier alpha value is -1.01. The first kappa shape index (κ1) is 10.1. The van der Waals surface area contributed by atoms with Gasteiger partial charge in [0, 0.05) is 26.1 Å². The summed E-state index contributed by atoms with van der Waals surface area (Å²) in [5, 5.41) is 2.87. The summed E-state index contributed by atoms with van der Waals surface area (Å²) in [7, 11) is 0. The summed E-state index contributed by atoms with van der Waals surface area (Å²) in [5.74, 6) is 2.72. The van der Waals surface area contributed by atoms with Crippen LogP contribution in [-0.2, 0) is 4.79 Å². The van der Waals surface area contributed by atoms with Crippen LogP contribution in [0.3, 0.4) is 0 Å². The maximum absolute atomic E-state index is 11.4.